The van der Waals surface area contributed by atoms with Crippen molar-refractivity contribution >= 4 is 45.8 Å². The Morgan fingerprint density at radius 3 is 2.44 bits per heavy atom. The summed E-state index contributed by atoms with van der Waals surface area (Å²) in [7, 11) is 0. The molecule has 5 aromatic rings. The van der Waals surface area contributed by atoms with Gasteiger partial charge in [0, 0.05) is 53.5 Å². The fourth-order valence-electron chi connectivity index (χ4n) is 5.07. The van der Waals surface area contributed by atoms with Crippen molar-refractivity contribution in [2.45, 2.75) is 25.3 Å². The van der Waals surface area contributed by atoms with Crippen LogP contribution < -0.4 is 11.3 Å². The molecule has 0 aliphatic carbocycles. The molecule has 2 aromatic heterocycles. The fraction of sp³-hybridized carbons (Fsp3) is 0.188. The Bertz CT molecular complexity index is 1840. The summed E-state index contributed by atoms with van der Waals surface area (Å²) < 4.78 is 0. The minimum atomic E-state index is -0.461. The first kappa shape index (κ1) is 30.0. The van der Waals surface area contributed by atoms with Gasteiger partial charge in [-0.3, -0.25) is 19.3 Å². The zero-order chi connectivity index (χ0) is 30.5. The molecule has 0 saturated heterocycles. The number of Topliss-reactive ketones (excluding diaryl/α,β-unsaturated/α-hetero) is 1. The lowest BCUT2D eigenvalue weighted by Crippen LogP contribution is -2.35. The molecule has 1 amide bonds. The van der Waals surface area contributed by atoms with Crippen LogP contribution in [0.15, 0.2) is 83.7 Å². The lowest BCUT2D eigenvalue weighted by molar-refractivity contribution is -0.118. The van der Waals surface area contributed by atoms with Gasteiger partial charge in [0.2, 0.25) is 5.91 Å². The van der Waals surface area contributed by atoms with Crippen molar-refractivity contribution in [1.29, 1.82) is 0 Å². The molecule has 11 heteroatoms. The number of amides is 1. The van der Waals surface area contributed by atoms with E-state index in [2.05, 4.69) is 9.97 Å². The number of nitrogens with one attached hydrogen (secondary N) is 2. The zero-order valence-electron chi connectivity index (χ0n) is 23.0. The molecule has 3 aromatic carbocycles. The molecule has 0 fully saturated rings. The highest BCUT2D eigenvalue weighted by atomic mass is 35.5. The second-order valence-corrected chi connectivity index (χ2v) is 11.0. The van der Waals surface area contributed by atoms with Crippen molar-refractivity contribution in [2.24, 2.45) is 5.73 Å². The number of pyridine rings is 1. The summed E-state index contributed by atoms with van der Waals surface area (Å²) in [6.45, 7) is 0.613. The standard InChI is InChI=1S/C32H29Cl2N5O4/c33-22-8-4-7-20(16-22)26(40)11-13-39(14-12-28(35)42)25(15-19-5-2-1-3-6-19)32-37-30(31(34)38-32)21-9-10-24-23(17-21)27(41)18-29(43)36-24/h1-10,16-18,25H,11-15H2,(H2,35,42)(H,37,38)(H2,36,41,43)/t25-/m0/s1. The van der Waals surface area contributed by atoms with E-state index in [-0.39, 0.29) is 29.5 Å². The minimum absolute atomic E-state index is 0.0834. The number of hydrogen-bond acceptors (Lipinski definition) is 6. The smallest absolute Gasteiger partial charge is 0.252 e. The molecule has 1 atom stereocenters. The zero-order valence-corrected chi connectivity index (χ0v) is 24.5. The molecule has 0 spiro atoms. The van der Waals surface area contributed by atoms with Crippen LogP contribution in [0.4, 0.5) is 0 Å². The maximum Gasteiger partial charge on any atom is 0.252 e. The topological polar surface area (TPSA) is 145 Å². The number of primary amides is 1. The van der Waals surface area contributed by atoms with Crippen LogP contribution in [-0.2, 0) is 11.2 Å². The van der Waals surface area contributed by atoms with E-state index in [1.54, 1.807) is 42.5 Å². The van der Waals surface area contributed by atoms with Gasteiger partial charge in [-0.15, -0.1) is 0 Å². The quantitative estimate of drug-likeness (QED) is 0.133. The van der Waals surface area contributed by atoms with Gasteiger partial charge in [-0.05, 0) is 36.2 Å². The van der Waals surface area contributed by atoms with Gasteiger partial charge in [-0.2, -0.15) is 0 Å². The highest BCUT2D eigenvalue weighted by Crippen LogP contribution is 2.34. The number of fused-ring (bicyclic) bond motifs is 1. The van der Waals surface area contributed by atoms with Gasteiger partial charge < -0.3 is 20.8 Å². The number of benzene rings is 3. The molecule has 9 nitrogen and oxygen atoms in total. The summed E-state index contributed by atoms with van der Waals surface area (Å²) in [6, 6.07) is 22.4. The molecular weight excluding hydrogens is 589 g/mol. The van der Waals surface area contributed by atoms with Gasteiger partial charge in [0.25, 0.3) is 5.56 Å². The largest absolute Gasteiger partial charge is 0.507 e. The van der Waals surface area contributed by atoms with Crippen LogP contribution in [0.1, 0.15) is 40.6 Å². The lowest BCUT2D eigenvalue weighted by Gasteiger charge is -2.30. The van der Waals surface area contributed by atoms with Crippen LogP contribution in [0.25, 0.3) is 22.2 Å². The van der Waals surface area contributed by atoms with Crippen molar-refractivity contribution < 1.29 is 14.7 Å². The van der Waals surface area contributed by atoms with Crippen LogP contribution >= 0.6 is 23.2 Å². The Labute approximate surface area is 257 Å². The Morgan fingerprint density at radius 2 is 1.70 bits per heavy atom. The van der Waals surface area contributed by atoms with E-state index in [9.17, 15) is 19.5 Å². The Balaban J connectivity index is 1.51. The molecule has 0 unspecified atom stereocenters. The number of aromatic nitrogens is 3. The van der Waals surface area contributed by atoms with Gasteiger partial charge >= 0.3 is 0 Å². The maximum absolute atomic E-state index is 13.1. The third-order valence-corrected chi connectivity index (χ3v) is 7.73. The molecule has 5 rings (SSSR count). The number of carbonyl (C=O) groups is 2. The second-order valence-electron chi connectivity index (χ2n) is 10.2. The second kappa shape index (κ2) is 13.2. The van der Waals surface area contributed by atoms with Gasteiger partial charge in [-0.1, -0.05) is 71.7 Å². The van der Waals surface area contributed by atoms with E-state index in [1.165, 1.54) is 0 Å². The third kappa shape index (κ3) is 7.32. The van der Waals surface area contributed by atoms with E-state index < -0.39 is 17.5 Å². The molecule has 0 radical (unpaired) electrons. The van der Waals surface area contributed by atoms with Gasteiger partial charge in [-0.25, -0.2) is 4.98 Å². The van der Waals surface area contributed by atoms with Crippen molar-refractivity contribution in [3.8, 4) is 17.0 Å². The summed E-state index contributed by atoms with van der Waals surface area (Å²) in [5.41, 5.74) is 8.20. The fourth-order valence-corrected chi connectivity index (χ4v) is 5.50. The molecule has 220 valence electrons. The number of hydrogen-bond donors (Lipinski definition) is 4. The number of nitrogens with two attached hydrogens (primary N) is 1. The van der Waals surface area contributed by atoms with E-state index in [0.29, 0.717) is 58.1 Å². The summed E-state index contributed by atoms with van der Waals surface area (Å²) in [6.07, 6.45) is 0.766. The monoisotopic (exact) mass is 617 g/mol. The summed E-state index contributed by atoms with van der Waals surface area (Å²) in [5.74, 6) is -0.167. The Hall–Kier alpha value is -4.44. The average Bonchev–Trinajstić information content (AvgIpc) is 3.37. The van der Waals surface area contributed by atoms with Crippen molar-refractivity contribution in [3.05, 3.63) is 116 Å². The highest BCUT2D eigenvalue weighted by molar-refractivity contribution is 6.32. The van der Waals surface area contributed by atoms with Gasteiger partial charge in [0.15, 0.2) is 5.78 Å². The summed E-state index contributed by atoms with van der Waals surface area (Å²) in [5, 5.41) is 11.6. The lowest BCUT2D eigenvalue weighted by atomic mass is 10.0. The minimum Gasteiger partial charge on any atom is -0.507 e. The Morgan fingerprint density at radius 1 is 0.930 bits per heavy atom. The highest BCUT2D eigenvalue weighted by Gasteiger charge is 2.27. The predicted octanol–water partition coefficient (Wildman–Crippen LogP) is 5.66. The van der Waals surface area contributed by atoms with Crippen LogP contribution in [0.2, 0.25) is 10.2 Å². The van der Waals surface area contributed by atoms with Crippen LogP contribution in [0.5, 0.6) is 5.75 Å². The number of carbonyl (C=O) groups excluding carboxylic acids is 2. The normalized spacial score (nSPS) is 12.1. The summed E-state index contributed by atoms with van der Waals surface area (Å²) in [4.78, 5) is 49.5. The molecule has 0 saturated carbocycles. The van der Waals surface area contributed by atoms with Crippen molar-refractivity contribution in [3.63, 3.8) is 0 Å². The van der Waals surface area contributed by atoms with Crippen LogP contribution in [0.3, 0.4) is 0 Å². The molecule has 0 bridgehead atoms. The number of imidazole rings is 1. The third-order valence-electron chi connectivity index (χ3n) is 7.22. The van der Waals surface area contributed by atoms with Crippen molar-refractivity contribution in [2.75, 3.05) is 13.1 Å². The first-order chi connectivity index (χ1) is 20.7. The molecule has 2 heterocycles. The number of aromatic amines is 2. The van der Waals surface area contributed by atoms with E-state index in [1.807, 2.05) is 35.2 Å². The number of ketones is 1. The molecule has 43 heavy (non-hydrogen) atoms. The predicted molar refractivity (Wildman–Crippen MR) is 167 cm³/mol. The molecule has 0 aliphatic heterocycles. The number of H-pyrrole nitrogens is 2. The van der Waals surface area contributed by atoms with Crippen molar-refractivity contribution in [1.82, 2.24) is 19.9 Å². The molecule has 0 aliphatic rings. The number of nitrogens with zero attached hydrogens (tertiary/aromatic N) is 2. The number of halogens is 2. The average molecular weight is 619 g/mol. The first-order valence-corrected chi connectivity index (χ1v) is 14.4. The van der Waals surface area contributed by atoms with Crippen LogP contribution in [-0.4, -0.2) is 49.7 Å². The molecular formula is C32H29Cl2N5O4. The Kier molecular flexibility index (Phi) is 9.25. The van der Waals surface area contributed by atoms with Gasteiger partial charge in [0.05, 0.1) is 11.6 Å². The summed E-state index contributed by atoms with van der Waals surface area (Å²) >= 11 is 12.8. The van der Waals surface area contributed by atoms with E-state index >= 15 is 0 Å². The molecule has 5 N–H and O–H groups in total. The first-order valence-electron chi connectivity index (χ1n) is 13.6. The SMILES string of the molecule is NC(=O)CCN(CCC(=O)c1cccc(Cl)c1)[C@@H](Cc1ccccc1)c1nc(-c2ccc3[nH]c(=O)cc(O)c3c2)c(Cl)[nH]1. The van der Waals surface area contributed by atoms with Gasteiger partial charge in [0.1, 0.15) is 22.4 Å². The number of aromatic hydroxyl groups is 1. The van der Waals surface area contributed by atoms with E-state index in [0.717, 1.165) is 11.6 Å². The maximum atomic E-state index is 13.1. The van der Waals surface area contributed by atoms with Crippen LogP contribution in [0, 0.1) is 0 Å². The van der Waals surface area contributed by atoms with E-state index in [4.69, 9.17) is 33.9 Å². The number of rotatable bonds is 12.